The van der Waals surface area contributed by atoms with E-state index >= 15 is 0 Å². The minimum absolute atomic E-state index is 0.105. The molecule has 0 bridgehead atoms. The van der Waals surface area contributed by atoms with E-state index < -0.39 is 17.7 Å². The highest BCUT2D eigenvalue weighted by Crippen LogP contribution is 2.40. The lowest BCUT2D eigenvalue weighted by Gasteiger charge is -2.27. The first-order valence-electron chi connectivity index (χ1n) is 11.0. The van der Waals surface area contributed by atoms with Crippen molar-refractivity contribution in [3.8, 4) is 5.75 Å². The Balaban J connectivity index is 1.79. The monoisotopic (exact) mass is 435 g/mol. The number of aliphatic hydroxyl groups is 1. The maximum absolute atomic E-state index is 13.1. The summed E-state index contributed by atoms with van der Waals surface area (Å²) in [6, 6.07) is 14.0. The fraction of sp³-hybridized carbons (Fsp3) is 0.385. The Morgan fingerprint density at radius 3 is 2.38 bits per heavy atom. The molecule has 1 N–H and O–H groups in total. The zero-order valence-corrected chi connectivity index (χ0v) is 18.7. The standard InChI is InChI=1S/C26H29NO5/c1-16(2)17-6-8-18(9-7-17)23-22(24(28)19-10-12-20(31-3)13-11-19)25(29)26(30)27(23)15-21-5-4-14-32-21/h6-13,16,21,23,28H,4-5,14-15H2,1-3H3/t21-,23+/m1/s1. The lowest BCUT2D eigenvalue weighted by atomic mass is 9.93. The molecule has 4 rings (SSSR count). The van der Waals surface area contributed by atoms with Gasteiger partial charge in [-0.2, -0.15) is 0 Å². The van der Waals surface area contributed by atoms with Crippen LogP contribution in [0.2, 0.25) is 0 Å². The normalized spacial score (nSPS) is 22.7. The van der Waals surface area contributed by atoms with Crippen molar-refractivity contribution in [3.05, 3.63) is 70.8 Å². The number of carbonyl (C=O) groups is 2. The Labute approximate surface area is 188 Å². The summed E-state index contributed by atoms with van der Waals surface area (Å²) in [5, 5.41) is 11.1. The molecule has 2 atom stereocenters. The van der Waals surface area contributed by atoms with Crippen molar-refractivity contribution in [2.45, 2.75) is 44.8 Å². The van der Waals surface area contributed by atoms with Crippen LogP contribution in [0.1, 0.15) is 55.3 Å². The summed E-state index contributed by atoms with van der Waals surface area (Å²) in [7, 11) is 1.56. The summed E-state index contributed by atoms with van der Waals surface area (Å²) in [6.45, 7) is 5.21. The quantitative estimate of drug-likeness (QED) is 0.413. The van der Waals surface area contributed by atoms with E-state index in [1.54, 1.807) is 36.3 Å². The number of hydrogen-bond acceptors (Lipinski definition) is 5. The molecular formula is C26H29NO5. The van der Waals surface area contributed by atoms with Crippen molar-refractivity contribution in [2.75, 3.05) is 20.3 Å². The van der Waals surface area contributed by atoms with E-state index in [1.807, 2.05) is 24.3 Å². The van der Waals surface area contributed by atoms with Gasteiger partial charge in [-0.1, -0.05) is 38.1 Å². The highest BCUT2D eigenvalue weighted by atomic mass is 16.5. The van der Waals surface area contributed by atoms with Crippen molar-refractivity contribution < 1.29 is 24.2 Å². The molecule has 168 valence electrons. The predicted octanol–water partition coefficient (Wildman–Crippen LogP) is 4.42. The molecule has 2 aromatic rings. The minimum atomic E-state index is -0.672. The fourth-order valence-corrected chi connectivity index (χ4v) is 4.39. The number of amides is 1. The van der Waals surface area contributed by atoms with Crippen LogP contribution in [0.15, 0.2) is 54.1 Å². The van der Waals surface area contributed by atoms with Gasteiger partial charge in [0.05, 0.1) is 24.8 Å². The molecule has 1 amide bonds. The number of aliphatic hydroxyl groups excluding tert-OH is 1. The van der Waals surface area contributed by atoms with Crippen LogP contribution in [-0.2, 0) is 14.3 Å². The van der Waals surface area contributed by atoms with E-state index in [2.05, 4.69) is 13.8 Å². The van der Waals surface area contributed by atoms with E-state index in [0.29, 0.717) is 30.4 Å². The van der Waals surface area contributed by atoms with Crippen molar-refractivity contribution in [3.63, 3.8) is 0 Å². The van der Waals surface area contributed by atoms with Crippen LogP contribution in [0.3, 0.4) is 0 Å². The van der Waals surface area contributed by atoms with Crippen LogP contribution in [-0.4, -0.2) is 48.1 Å². The Hall–Kier alpha value is -3.12. The number of ketones is 1. The van der Waals surface area contributed by atoms with Gasteiger partial charge < -0.3 is 19.5 Å². The third-order valence-corrected chi connectivity index (χ3v) is 6.25. The van der Waals surface area contributed by atoms with Crippen LogP contribution >= 0.6 is 0 Å². The van der Waals surface area contributed by atoms with Crippen molar-refractivity contribution in [1.82, 2.24) is 4.90 Å². The topological polar surface area (TPSA) is 76.1 Å². The van der Waals surface area contributed by atoms with Gasteiger partial charge >= 0.3 is 0 Å². The number of likely N-dealkylation sites (tertiary alicyclic amines) is 1. The lowest BCUT2D eigenvalue weighted by molar-refractivity contribution is -0.140. The third-order valence-electron chi connectivity index (χ3n) is 6.25. The number of carbonyl (C=O) groups excluding carboxylic acids is 2. The summed E-state index contributed by atoms with van der Waals surface area (Å²) in [5.74, 6) is -0.454. The van der Waals surface area contributed by atoms with Crippen molar-refractivity contribution >= 4 is 17.4 Å². The first kappa shape index (κ1) is 22.1. The molecule has 2 saturated heterocycles. The molecule has 2 aliphatic rings. The van der Waals surface area contributed by atoms with Gasteiger partial charge in [-0.25, -0.2) is 0 Å². The molecule has 0 aromatic heterocycles. The number of hydrogen-bond donors (Lipinski definition) is 1. The predicted molar refractivity (Wildman–Crippen MR) is 122 cm³/mol. The number of benzene rings is 2. The van der Waals surface area contributed by atoms with Crippen LogP contribution in [0, 0.1) is 0 Å². The molecule has 6 heteroatoms. The molecule has 6 nitrogen and oxygen atoms in total. The summed E-state index contributed by atoms with van der Waals surface area (Å²) in [6.07, 6.45) is 1.68. The van der Waals surface area contributed by atoms with E-state index in [1.165, 1.54) is 5.56 Å². The average Bonchev–Trinajstić information content (AvgIpc) is 3.41. The first-order chi connectivity index (χ1) is 15.4. The smallest absolute Gasteiger partial charge is 0.295 e. The van der Waals surface area contributed by atoms with Gasteiger partial charge in [0.15, 0.2) is 0 Å². The Kier molecular flexibility index (Phi) is 6.33. The van der Waals surface area contributed by atoms with Crippen LogP contribution in [0.5, 0.6) is 5.75 Å². The molecule has 2 aliphatic heterocycles. The first-order valence-corrected chi connectivity index (χ1v) is 11.0. The molecule has 0 spiro atoms. The van der Waals surface area contributed by atoms with Crippen molar-refractivity contribution in [2.24, 2.45) is 0 Å². The minimum Gasteiger partial charge on any atom is -0.507 e. The van der Waals surface area contributed by atoms with E-state index in [4.69, 9.17) is 9.47 Å². The van der Waals surface area contributed by atoms with Crippen LogP contribution in [0.4, 0.5) is 0 Å². The Morgan fingerprint density at radius 2 is 1.81 bits per heavy atom. The maximum atomic E-state index is 13.1. The summed E-state index contributed by atoms with van der Waals surface area (Å²) < 4.78 is 10.9. The molecule has 2 aromatic carbocycles. The van der Waals surface area contributed by atoms with Crippen molar-refractivity contribution in [1.29, 1.82) is 0 Å². The van der Waals surface area contributed by atoms with Gasteiger partial charge in [0.25, 0.3) is 11.7 Å². The second-order valence-electron chi connectivity index (χ2n) is 8.64. The fourth-order valence-electron chi connectivity index (χ4n) is 4.39. The molecule has 2 fully saturated rings. The van der Waals surface area contributed by atoms with E-state index in [0.717, 1.165) is 18.4 Å². The van der Waals surface area contributed by atoms with Gasteiger partial charge in [-0.15, -0.1) is 0 Å². The van der Waals surface area contributed by atoms with Crippen LogP contribution in [0.25, 0.3) is 5.76 Å². The zero-order valence-electron chi connectivity index (χ0n) is 18.7. The van der Waals surface area contributed by atoms with Gasteiger partial charge in [0.2, 0.25) is 0 Å². The third kappa shape index (κ3) is 4.15. The number of rotatable bonds is 6. The molecule has 2 heterocycles. The Morgan fingerprint density at radius 1 is 1.12 bits per heavy atom. The summed E-state index contributed by atoms with van der Waals surface area (Å²) >= 11 is 0. The van der Waals surface area contributed by atoms with E-state index in [-0.39, 0.29) is 17.4 Å². The summed E-state index contributed by atoms with van der Waals surface area (Å²) in [4.78, 5) is 27.7. The van der Waals surface area contributed by atoms with Crippen LogP contribution < -0.4 is 4.74 Å². The highest BCUT2D eigenvalue weighted by molar-refractivity contribution is 6.46. The number of methoxy groups -OCH3 is 1. The SMILES string of the molecule is COc1ccc(C(O)=C2C(=O)C(=O)N(C[C@H]3CCCO3)[C@H]2c2ccc(C(C)C)cc2)cc1. The van der Waals surface area contributed by atoms with E-state index in [9.17, 15) is 14.7 Å². The second-order valence-corrected chi connectivity index (χ2v) is 8.64. The Bertz CT molecular complexity index is 1020. The number of Topliss-reactive ketones (excluding diaryl/α,β-unsaturated/α-hetero) is 1. The van der Waals surface area contributed by atoms with Gasteiger partial charge in [0, 0.05) is 18.7 Å². The second kappa shape index (κ2) is 9.17. The molecule has 0 radical (unpaired) electrons. The molecular weight excluding hydrogens is 406 g/mol. The summed E-state index contributed by atoms with van der Waals surface area (Å²) in [5.41, 5.74) is 2.53. The van der Waals surface area contributed by atoms with Gasteiger partial charge in [-0.05, 0) is 54.2 Å². The molecule has 0 aliphatic carbocycles. The molecule has 0 unspecified atom stereocenters. The maximum Gasteiger partial charge on any atom is 0.295 e. The van der Waals surface area contributed by atoms with Gasteiger partial charge in [-0.3, -0.25) is 9.59 Å². The largest absolute Gasteiger partial charge is 0.507 e. The lowest BCUT2D eigenvalue weighted by Crippen LogP contribution is -2.36. The zero-order chi connectivity index (χ0) is 22.8. The number of ether oxygens (including phenoxy) is 2. The molecule has 32 heavy (non-hydrogen) atoms. The number of nitrogens with zero attached hydrogens (tertiary/aromatic N) is 1. The highest BCUT2D eigenvalue weighted by Gasteiger charge is 2.47. The molecule has 0 saturated carbocycles. The van der Waals surface area contributed by atoms with Gasteiger partial charge in [0.1, 0.15) is 11.5 Å². The average molecular weight is 436 g/mol.